The highest BCUT2D eigenvalue weighted by molar-refractivity contribution is 7.81. The average Bonchev–Trinajstić information content (AvgIpc) is 2.33. The van der Waals surface area contributed by atoms with Gasteiger partial charge in [0.05, 0.1) is 0 Å². The van der Waals surface area contributed by atoms with Gasteiger partial charge in [-0.3, -0.25) is 0 Å². The minimum atomic E-state index is -2.94. The lowest BCUT2D eigenvalue weighted by molar-refractivity contribution is -0.697. The van der Waals surface area contributed by atoms with Crippen molar-refractivity contribution in [3.05, 3.63) is 30.6 Å². The van der Waals surface area contributed by atoms with Gasteiger partial charge in [0, 0.05) is 18.6 Å². The number of aromatic nitrogens is 1. The van der Waals surface area contributed by atoms with Crippen molar-refractivity contribution in [3.8, 4) is 0 Å². The lowest BCUT2D eigenvalue weighted by atomic mass is 10.1. The summed E-state index contributed by atoms with van der Waals surface area (Å²) >= 11 is 0. The molecule has 0 saturated heterocycles. The van der Waals surface area contributed by atoms with E-state index in [4.69, 9.17) is 40.2 Å². The minimum Gasteiger partial charge on any atom is -0.391 e. The van der Waals surface area contributed by atoms with Crippen LogP contribution in [-0.2, 0) is 6.54 Å². The molecule has 0 unspecified atom stereocenters. The molecule has 0 bridgehead atoms. The van der Waals surface area contributed by atoms with Crippen LogP contribution >= 0.6 is 40.2 Å². The molecule has 0 aliphatic heterocycles. The van der Waals surface area contributed by atoms with Crippen LogP contribution in [0.3, 0.4) is 0 Å². The Morgan fingerprint density at radius 2 is 1.26 bits per heavy atom. The molecule has 0 fully saturated rings. The van der Waals surface area contributed by atoms with Crippen LogP contribution < -0.4 is 4.57 Å². The van der Waals surface area contributed by atoms with E-state index in [9.17, 15) is 0 Å². The quantitative estimate of drug-likeness (QED) is 0.333. The Morgan fingerprint density at radius 3 is 1.79 bits per heavy atom. The van der Waals surface area contributed by atoms with Crippen molar-refractivity contribution in [3.63, 3.8) is 0 Å². The standard InChI is InChI=1S/C13H22N.Al.4ClH/c1-2-3-4-5-6-8-11-14-12-9-7-10-13-14;;;;;/h7,9-10,12-13H,2-6,8,11H2,1H3;;4*1H/q+1;+3;;;;/p-4. The molecular weight excluding hydrogens is 339 g/mol. The van der Waals surface area contributed by atoms with Crippen molar-refractivity contribution in [1.29, 1.82) is 0 Å². The molecule has 1 aromatic rings. The van der Waals surface area contributed by atoms with E-state index < -0.39 is 9.39 Å². The van der Waals surface area contributed by atoms with E-state index >= 15 is 0 Å². The monoisotopic (exact) mass is 359 g/mol. The molecule has 0 saturated carbocycles. The van der Waals surface area contributed by atoms with Crippen LogP contribution in [0.25, 0.3) is 0 Å². The zero-order valence-electron chi connectivity index (χ0n) is 11.4. The van der Waals surface area contributed by atoms with Crippen molar-refractivity contribution in [2.45, 2.75) is 52.0 Å². The highest BCUT2D eigenvalue weighted by atomic mass is 35.9. The van der Waals surface area contributed by atoms with Gasteiger partial charge in [0.1, 0.15) is 6.54 Å². The summed E-state index contributed by atoms with van der Waals surface area (Å²) in [6, 6.07) is 6.26. The van der Waals surface area contributed by atoms with Gasteiger partial charge in [-0.15, -0.1) is 0 Å². The molecule has 1 rings (SSSR count). The van der Waals surface area contributed by atoms with Crippen LogP contribution in [0, 0.1) is 0 Å². The average molecular weight is 361 g/mol. The zero-order chi connectivity index (χ0) is 14.6. The van der Waals surface area contributed by atoms with Crippen LogP contribution in [0.15, 0.2) is 30.6 Å². The van der Waals surface area contributed by atoms with Crippen molar-refractivity contribution in [2.75, 3.05) is 0 Å². The Balaban J connectivity index is 0.000000555. The van der Waals surface area contributed by atoms with E-state index in [0.29, 0.717) is 0 Å². The summed E-state index contributed by atoms with van der Waals surface area (Å²) < 4.78 is 2.26. The second kappa shape index (κ2) is 12.6. The van der Waals surface area contributed by atoms with E-state index in [0.717, 1.165) is 0 Å². The van der Waals surface area contributed by atoms with Crippen molar-refractivity contribution in [2.24, 2.45) is 0 Å². The van der Waals surface area contributed by atoms with Gasteiger partial charge >= 0.3 is 9.39 Å². The highest BCUT2D eigenvalue weighted by Crippen LogP contribution is 2.23. The third-order valence-corrected chi connectivity index (χ3v) is 2.55. The molecule has 0 radical (unpaired) electrons. The third-order valence-electron chi connectivity index (χ3n) is 2.55. The molecule has 1 heterocycles. The molecule has 0 N–H and O–H groups in total. The fraction of sp³-hybridized carbons (Fsp3) is 0.615. The number of nitrogens with zero attached hydrogens (tertiary/aromatic N) is 1. The van der Waals surface area contributed by atoms with E-state index in [1.807, 2.05) is 0 Å². The van der Waals surface area contributed by atoms with E-state index in [1.54, 1.807) is 0 Å². The predicted octanol–water partition coefficient (Wildman–Crippen LogP) is 5.71. The molecule has 0 amide bonds. The molecule has 0 spiro atoms. The maximum Gasteiger partial charge on any atom is 0.564 e. The molecule has 6 heteroatoms. The number of aryl methyl sites for hydroxylation is 1. The summed E-state index contributed by atoms with van der Waals surface area (Å²) in [5, 5.41) is 0. The Kier molecular flexibility index (Phi) is 13.1. The van der Waals surface area contributed by atoms with Crippen molar-refractivity contribution < 1.29 is 4.57 Å². The van der Waals surface area contributed by atoms with Gasteiger partial charge in [-0.1, -0.05) is 38.7 Å². The van der Waals surface area contributed by atoms with Gasteiger partial charge in [-0.05, 0) is 6.42 Å². The predicted molar refractivity (Wildman–Crippen MR) is 89.2 cm³/mol. The van der Waals surface area contributed by atoms with Crippen LogP contribution in [0.4, 0.5) is 0 Å². The van der Waals surface area contributed by atoms with E-state index in [1.165, 1.54) is 45.1 Å². The summed E-state index contributed by atoms with van der Waals surface area (Å²) in [5.74, 6) is 0. The smallest absolute Gasteiger partial charge is 0.391 e. The summed E-state index contributed by atoms with van der Waals surface area (Å²) in [7, 11) is 17.0. The highest BCUT2D eigenvalue weighted by Gasteiger charge is 2.14. The second-order valence-corrected chi connectivity index (χ2v) is 17.2. The van der Waals surface area contributed by atoms with E-state index in [-0.39, 0.29) is 0 Å². The van der Waals surface area contributed by atoms with Gasteiger partial charge in [-0.25, -0.2) is 4.57 Å². The number of pyridine rings is 1. The Hall–Kier alpha value is 0.842. The second-order valence-electron chi connectivity index (χ2n) is 4.38. The van der Waals surface area contributed by atoms with Gasteiger partial charge in [-0.2, -0.15) is 0 Å². The molecule has 19 heavy (non-hydrogen) atoms. The molecule has 0 atom stereocenters. The number of rotatable bonds is 7. The lowest BCUT2D eigenvalue weighted by Gasteiger charge is -1.98. The fourth-order valence-electron chi connectivity index (χ4n) is 1.66. The molecule has 1 aromatic heterocycles. The first-order valence-electron chi connectivity index (χ1n) is 6.75. The fourth-order valence-corrected chi connectivity index (χ4v) is 1.66. The van der Waals surface area contributed by atoms with E-state index in [2.05, 4.69) is 42.1 Å². The molecule has 0 aromatic carbocycles. The van der Waals surface area contributed by atoms with Gasteiger partial charge in [0.2, 0.25) is 0 Å². The van der Waals surface area contributed by atoms with Crippen LogP contribution in [-0.4, -0.2) is 9.39 Å². The van der Waals surface area contributed by atoms with Crippen molar-refractivity contribution >= 4 is 49.6 Å². The Labute approximate surface area is 136 Å². The third kappa shape index (κ3) is 18.8. The number of hydrogen-bond donors (Lipinski definition) is 0. The molecule has 110 valence electrons. The number of unbranched alkanes of at least 4 members (excludes halogenated alkanes) is 5. The Morgan fingerprint density at radius 1 is 0.789 bits per heavy atom. The van der Waals surface area contributed by atoms with Crippen LogP contribution in [0.1, 0.15) is 45.4 Å². The van der Waals surface area contributed by atoms with Gasteiger partial charge in [0.25, 0.3) is 0 Å². The largest absolute Gasteiger partial charge is 0.564 e. The maximum atomic E-state index is 4.99. The van der Waals surface area contributed by atoms with Crippen LogP contribution in [0.5, 0.6) is 0 Å². The summed E-state index contributed by atoms with van der Waals surface area (Å²) in [4.78, 5) is 0. The first-order valence-corrected chi connectivity index (χ1v) is 13.7. The summed E-state index contributed by atoms with van der Waals surface area (Å²) in [5.41, 5.74) is 0. The number of hydrogen-bond acceptors (Lipinski definition) is 0. The lowest BCUT2D eigenvalue weighted by Crippen LogP contribution is -2.32. The first kappa shape index (κ1) is 19.8. The summed E-state index contributed by atoms with van der Waals surface area (Å²) in [6.45, 7) is 3.44. The maximum absolute atomic E-state index is 4.99. The first-order chi connectivity index (χ1) is 8.93. The van der Waals surface area contributed by atoms with Gasteiger partial charge in [0.15, 0.2) is 12.4 Å². The molecule has 0 aliphatic rings. The van der Waals surface area contributed by atoms with Crippen LogP contribution in [0.2, 0.25) is 0 Å². The zero-order valence-corrected chi connectivity index (χ0v) is 15.6. The normalized spacial score (nSPS) is 10.8. The van der Waals surface area contributed by atoms with Crippen molar-refractivity contribution in [1.82, 2.24) is 0 Å². The summed E-state index contributed by atoms with van der Waals surface area (Å²) in [6.07, 6.45) is 12.5. The Bertz CT molecular complexity index is 297. The minimum absolute atomic E-state index is 1.17. The molecule has 0 aliphatic carbocycles. The topological polar surface area (TPSA) is 3.88 Å². The number of halogens is 4. The molecular formula is C13H22AlCl4N. The van der Waals surface area contributed by atoms with Gasteiger partial charge < -0.3 is 40.2 Å². The SMILES string of the molecule is CCCCCCCC[n+]1ccccc1.[Cl][Al-]([Cl])([Cl])[Cl]. The molecule has 1 nitrogen and oxygen atoms in total.